The van der Waals surface area contributed by atoms with Crippen molar-refractivity contribution in [3.05, 3.63) is 0 Å². The van der Waals surface area contributed by atoms with Gasteiger partial charge in [-0.3, -0.25) is 9.59 Å². The Morgan fingerprint density at radius 2 is 1.58 bits per heavy atom. The Kier molecular flexibility index (Phi) is 4.96. The Hall–Kier alpha value is -1.10. The number of rotatable bonds is 4. The number of nitrogens with zero attached hydrogens (tertiary/aromatic N) is 2. The molecule has 1 rings (SSSR count). The number of likely N-dealkylation sites (N-methyl/N-ethyl adjacent to an activating group) is 2. The summed E-state index contributed by atoms with van der Waals surface area (Å²) in [5.41, 5.74) is -0.317. The predicted molar refractivity (Wildman–Crippen MR) is 73.7 cm³/mol. The highest BCUT2D eigenvalue weighted by Crippen LogP contribution is 2.20. The predicted octanol–water partition coefficient (Wildman–Crippen LogP) is 1.27. The first-order chi connectivity index (χ1) is 8.72. The molecule has 0 N–H and O–H groups in total. The molecule has 1 aliphatic heterocycles. The third-order valence-corrected chi connectivity index (χ3v) is 3.41. The van der Waals surface area contributed by atoms with E-state index in [1.54, 1.807) is 16.7 Å². The normalized spacial score (nSPS) is 25.2. The average molecular weight is 270 g/mol. The van der Waals surface area contributed by atoms with Gasteiger partial charge in [0.25, 0.3) is 0 Å². The summed E-state index contributed by atoms with van der Waals surface area (Å²) in [5.74, 6) is -0.00726. The molecule has 0 radical (unpaired) electrons. The number of amides is 2. The van der Waals surface area contributed by atoms with Crippen LogP contribution in [0.4, 0.5) is 0 Å². The summed E-state index contributed by atoms with van der Waals surface area (Å²) in [6.45, 7) is 12.7. The van der Waals surface area contributed by atoms with Crippen molar-refractivity contribution in [3.63, 3.8) is 0 Å². The zero-order valence-corrected chi connectivity index (χ0v) is 12.9. The Balaban J connectivity index is 2.91. The van der Waals surface area contributed by atoms with Crippen molar-refractivity contribution in [1.29, 1.82) is 0 Å². The maximum Gasteiger partial charge on any atom is 0.248 e. The number of carbonyl (C=O) groups is 2. The van der Waals surface area contributed by atoms with Crippen LogP contribution in [0.2, 0.25) is 0 Å². The summed E-state index contributed by atoms with van der Waals surface area (Å²) < 4.78 is 5.71. The summed E-state index contributed by atoms with van der Waals surface area (Å²) >= 11 is 0. The van der Waals surface area contributed by atoms with E-state index in [-0.39, 0.29) is 30.1 Å². The summed E-state index contributed by atoms with van der Waals surface area (Å²) in [6, 6.07) is -0.865. The topological polar surface area (TPSA) is 49.9 Å². The van der Waals surface area contributed by atoms with Gasteiger partial charge in [-0.05, 0) is 41.5 Å². The lowest BCUT2D eigenvalue weighted by atomic mass is 10.1. The van der Waals surface area contributed by atoms with Crippen LogP contribution in [0.5, 0.6) is 0 Å². The molecule has 1 aliphatic rings. The molecule has 2 amide bonds. The van der Waals surface area contributed by atoms with Gasteiger partial charge in [0.1, 0.15) is 12.1 Å². The van der Waals surface area contributed by atoms with E-state index in [1.807, 2.05) is 34.6 Å². The minimum Gasteiger partial charge on any atom is -0.373 e. The number of piperazine rings is 1. The van der Waals surface area contributed by atoms with Gasteiger partial charge in [0.2, 0.25) is 11.8 Å². The fourth-order valence-electron chi connectivity index (χ4n) is 2.34. The fourth-order valence-corrected chi connectivity index (χ4v) is 2.34. The minimum atomic E-state index is -0.493. The van der Waals surface area contributed by atoms with Crippen molar-refractivity contribution in [2.75, 3.05) is 19.7 Å². The third-order valence-electron chi connectivity index (χ3n) is 3.41. The molecule has 19 heavy (non-hydrogen) atoms. The molecule has 0 saturated carbocycles. The van der Waals surface area contributed by atoms with Crippen molar-refractivity contribution in [3.8, 4) is 0 Å². The number of hydrogen-bond donors (Lipinski definition) is 0. The molecule has 5 heteroatoms. The molecule has 110 valence electrons. The molecule has 5 nitrogen and oxygen atoms in total. The number of hydrogen-bond acceptors (Lipinski definition) is 3. The largest absolute Gasteiger partial charge is 0.373 e. The molecule has 0 spiro atoms. The minimum absolute atomic E-state index is 0.00598. The second kappa shape index (κ2) is 5.90. The fraction of sp³-hybridized carbons (Fsp3) is 0.857. The van der Waals surface area contributed by atoms with Gasteiger partial charge in [-0.1, -0.05) is 0 Å². The smallest absolute Gasteiger partial charge is 0.248 e. The van der Waals surface area contributed by atoms with Crippen LogP contribution in [-0.4, -0.2) is 59.0 Å². The summed E-state index contributed by atoms with van der Waals surface area (Å²) in [5, 5.41) is 0. The monoisotopic (exact) mass is 270 g/mol. The zero-order valence-electron chi connectivity index (χ0n) is 12.9. The van der Waals surface area contributed by atoms with Crippen LogP contribution >= 0.6 is 0 Å². The van der Waals surface area contributed by atoms with Crippen LogP contribution in [0, 0.1) is 0 Å². The number of ether oxygens (including phenoxy) is 1. The summed E-state index contributed by atoms with van der Waals surface area (Å²) in [7, 11) is 0. The lowest BCUT2D eigenvalue weighted by Crippen LogP contribution is -2.65. The quantitative estimate of drug-likeness (QED) is 0.773. The first-order valence-corrected chi connectivity index (χ1v) is 6.97. The molecule has 1 heterocycles. The van der Waals surface area contributed by atoms with E-state index in [4.69, 9.17) is 4.74 Å². The molecule has 1 saturated heterocycles. The van der Waals surface area contributed by atoms with Crippen LogP contribution in [-0.2, 0) is 14.3 Å². The molecule has 0 aromatic rings. The van der Waals surface area contributed by atoms with Crippen LogP contribution in [0.3, 0.4) is 0 Å². The van der Waals surface area contributed by atoms with E-state index in [0.717, 1.165) is 0 Å². The summed E-state index contributed by atoms with van der Waals surface area (Å²) in [6.07, 6.45) is 0. The van der Waals surface area contributed by atoms with Crippen molar-refractivity contribution in [2.45, 2.75) is 59.2 Å². The van der Waals surface area contributed by atoms with E-state index in [2.05, 4.69) is 0 Å². The van der Waals surface area contributed by atoms with E-state index in [9.17, 15) is 9.59 Å². The van der Waals surface area contributed by atoms with Crippen LogP contribution < -0.4 is 0 Å². The highest BCUT2D eigenvalue weighted by atomic mass is 16.5. The van der Waals surface area contributed by atoms with Crippen LogP contribution in [0.1, 0.15) is 41.5 Å². The second-order valence-corrected chi connectivity index (χ2v) is 5.86. The van der Waals surface area contributed by atoms with Crippen molar-refractivity contribution < 1.29 is 14.3 Å². The van der Waals surface area contributed by atoms with Crippen LogP contribution in [0.15, 0.2) is 0 Å². The Labute approximate surface area is 115 Å². The molecular formula is C14H26N2O3. The van der Waals surface area contributed by atoms with Gasteiger partial charge in [-0.15, -0.1) is 0 Å². The van der Waals surface area contributed by atoms with Crippen molar-refractivity contribution in [2.24, 2.45) is 0 Å². The lowest BCUT2D eigenvalue weighted by Gasteiger charge is -2.43. The van der Waals surface area contributed by atoms with Gasteiger partial charge in [-0.25, -0.2) is 0 Å². The van der Waals surface area contributed by atoms with Gasteiger partial charge < -0.3 is 14.5 Å². The van der Waals surface area contributed by atoms with Gasteiger partial charge in [0, 0.05) is 13.1 Å². The Morgan fingerprint density at radius 1 is 1.05 bits per heavy atom. The first kappa shape index (κ1) is 16.0. The maximum absolute atomic E-state index is 12.5. The van der Waals surface area contributed by atoms with E-state index < -0.39 is 6.04 Å². The maximum atomic E-state index is 12.5. The van der Waals surface area contributed by atoms with Gasteiger partial charge in [0.15, 0.2) is 0 Å². The molecule has 0 aromatic heterocycles. The van der Waals surface area contributed by atoms with Gasteiger partial charge in [-0.2, -0.15) is 0 Å². The van der Waals surface area contributed by atoms with E-state index >= 15 is 0 Å². The average Bonchev–Trinajstić information content (AvgIpc) is 2.31. The molecule has 1 fully saturated rings. The Bertz CT molecular complexity index is 349. The molecular weight excluding hydrogens is 244 g/mol. The zero-order chi connectivity index (χ0) is 14.8. The molecule has 2 atom stereocenters. The number of carbonyl (C=O) groups excluding carboxylic acids is 2. The molecule has 0 aromatic carbocycles. The molecule has 0 aliphatic carbocycles. The Morgan fingerprint density at radius 3 is 2.00 bits per heavy atom. The van der Waals surface area contributed by atoms with Gasteiger partial charge in [0.05, 0.1) is 12.2 Å². The lowest BCUT2D eigenvalue weighted by molar-refractivity contribution is -0.165. The highest BCUT2D eigenvalue weighted by Gasteiger charge is 2.42. The van der Waals surface area contributed by atoms with E-state index in [0.29, 0.717) is 13.1 Å². The molecule has 2 unspecified atom stereocenters. The van der Waals surface area contributed by atoms with Crippen LogP contribution in [0.25, 0.3) is 0 Å². The SMILES string of the molecule is CCN1C(=O)C(COC(C)(C)C)N(CC)C(=O)C1C. The first-order valence-electron chi connectivity index (χ1n) is 6.97. The standard InChI is InChI=1S/C14H26N2O3/c1-7-15-10(3)12(17)16(8-2)11(13(15)18)9-19-14(4,5)6/h10-11H,7-9H2,1-6H3. The molecule has 0 bridgehead atoms. The van der Waals surface area contributed by atoms with Gasteiger partial charge >= 0.3 is 0 Å². The van der Waals surface area contributed by atoms with Crippen molar-refractivity contribution >= 4 is 11.8 Å². The highest BCUT2D eigenvalue weighted by molar-refractivity contribution is 5.96. The van der Waals surface area contributed by atoms with Crippen molar-refractivity contribution in [1.82, 2.24) is 9.80 Å². The van der Waals surface area contributed by atoms with E-state index in [1.165, 1.54) is 0 Å². The second-order valence-electron chi connectivity index (χ2n) is 5.86. The third kappa shape index (κ3) is 3.47. The summed E-state index contributed by atoms with van der Waals surface area (Å²) in [4.78, 5) is 28.0.